The van der Waals surface area contributed by atoms with E-state index in [0.717, 1.165) is 11.1 Å². The molecule has 2 nitrogen and oxygen atoms in total. The summed E-state index contributed by atoms with van der Waals surface area (Å²) in [6.45, 7) is 1.87. The van der Waals surface area contributed by atoms with E-state index < -0.39 is 0 Å². The van der Waals surface area contributed by atoms with Gasteiger partial charge in [-0.05, 0) is 41.6 Å². The normalized spacial score (nSPS) is 10.4. The highest BCUT2D eigenvalue weighted by Crippen LogP contribution is 2.26. The summed E-state index contributed by atoms with van der Waals surface area (Å²) < 4.78 is 18.3. The van der Waals surface area contributed by atoms with E-state index in [1.807, 2.05) is 12.3 Å². The highest BCUT2D eigenvalue weighted by Gasteiger charge is 2.15. The Labute approximate surface area is 109 Å². The van der Waals surface area contributed by atoms with Crippen LogP contribution in [0.2, 0.25) is 0 Å². The maximum absolute atomic E-state index is 13.2. The number of aryl methyl sites for hydroxylation is 1. The third-order valence-corrected chi connectivity index (χ3v) is 3.70. The summed E-state index contributed by atoms with van der Waals surface area (Å²) in [4.78, 5) is 12.7. The molecule has 0 aliphatic rings. The Morgan fingerprint density at radius 2 is 2.17 bits per heavy atom. The van der Waals surface area contributed by atoms with Gasteiger partial charge in [0.2, 0.25) is 0 Å². The number of benzene rings is 1. The summed E-state index contributed by atoms with van der Waals surface area (Å²) in [5, 5.41) is 1.81. The van der Waals surface area contributed by atoms with Crippen molar-refractivity contribution in [2.45, 2.75) is 13.3 Å². The van der Waals surface area contributed by atoms with Gasteiger partial charge >= 0.3 is 0 Å². The van der Waals surface area contributed by atoms with Crippen LogP contribution in [0.5, 0.6) is 5.75 Å². The SMILES string of the molecule is COc1ccsc1C(=O)Cc1cc(F)ccc1C. The average Bonchev–Trinajstić information content (AvgIpc) is 2.82. The van der Waals surface area contributed by atoms with Crippen molar-refractivity contribution in [2.75, 3.05) is 7.11 Å². The van der Waals surface area contributed by atoms with Gasteiger partial charge in [0.25, 0.3) is 0 Å². The lowest BCUT2D eigenvalue weighted by Gasteiger charge is -2.05. The van der Waals surface area contributed by atoms with Gasteiger partial charge in [-0.1, -0.05) is 6.07 Å². The number of Topliss-reactive ketones (excluding diaryl/α,β-unsaturated/α-hetero) is 1. The van der Waals surface area contributed by atoms with E-state index >= 15 is 0 Å². The summed E-state index contributed by atoms with van der Waals surface area (Å²) >= 11 is 1.34. The van der Waals surface area contributed by atoms with E-state index in [4.69, 9.17) is 4.74 Å². The monoisotopic (exact) mass is 264 g/mol. The highest BCUT2D eigenvalue weighted by atomic mass is 32.1. The van der Waals surface area contributed by atoms with Crippen LogP contribution in [-0.2, 0) is 6.42 Å². The minimum atomic E-state index is -0.318. The van der Waals surface area contributed by atoms with Crippen LogP contribution in [0.1, 0.15) is 20.8 Å². The first-order chi connectivity index (χ1) is 8.61. The lowest BCUT2D eigenvalue weighted by atomic mass is 10.0. The van der Waals surface area contributed by atoms with E-state index in [-0.39, 0.29) is 18.0 Å². The summed E-state index contributed by atoms with van der Waals surface area (Å²) in [5.41, 5.74) is 1.63. The zero-order chi connectivity index (χ0) is 13.1. The van der Waals surface area contributed by atoms with Crippen molar-refractivity contribution in [1.82, 2.24) is 0 Å². The van der Waals surface area contributed by atoms with Crippen molar-refractivity contribution >= 4 is 17.1 Å². The van der Waals surface area contributed by atoms with Crippen molar-refractivity contribution in [2.24, 2.45) is 0 Å². The fraction of sp³-hybridized carbons (Fsp3) is 0.214. The molecular formula is C14H13FO2S. The van der Waals surface area contributed by atoms with Crippen LogP contribution in [0.25, 0.3) is 0 Å². The number of halogens is 1. The van der Waals surface area contributed by atoms with E-state index in [1.54, 1.807) is 12.1 Å². The Balaban J connectivity index is 2.24. The maximum Gasteiger partial charge on any atom is 0.180 e. The lowest BCUT2D eigenvalue weighted by molar-refractivity contribution is 0.0994. The fourth-order valence-corrected chi connectivity index (χ4v) is 2.54. The van der Waals surface area contributed by atoms with E-state index in [0.29, 0.717) is 10.6 Å². The molecule has 94 valence electrons. The number of ether oxygens (including phenoxy) is 1. The Kier molecular flexibility index (Phi) is 3.77. The first kappa shape index (κ1) is 12.8. The molecule has 0 spiro atoms. The van der Waals surface area contributed by atoms with Crippen LogP contribution >= 0.6 is 11.3 Å². The summed E-state index contributed by atoms with van der Waals surface area (Å²) in [6.07, 6.45) is 0.195. The van der Waals surface area contributed by atoms with Crippen LogP contribution in [-0.4, -0.2) is 12.9 Å². The zero-order valence-electron chi connectivity index (χ0n) is 10.2. The second-order valence-corrected chi connectivity index (χ2v) is 4.90. The molecule has 0 bridgehead atoms. The van der Waals surface area contributed by atoms with E-state index in [2.05, 4.69) is 0 Å². The number of hydrogen-bond donors (Lipinski definition) is 0. The molecule has 1 aromatic carbocycles. The van der Waals surface area contributed by atoms with E-state index in [9.17, 15) is 9.18 Å². The van der Waals surface area contributed by atoms with Gasteiger partial charge in [-0.2, -0.15) is 0 Å². The topological polar surface area (TPSA) is 26.3 Å². The minimum absolute atomic E-state index is 0.0458. The molecule has 0 saturated heterocycles. The molecule has 0 unspecified atom stereocenters. The quantitative estimate of drug-likeness (QED) is 0.788. The number of ketones is 1. The standard InChI is InChI=1S/C14H13FO2S/c1-9-3-4-11(15)7-10(9)8-12(16)14-13(17-2)5-6-18-14/h3-7H,8H2,1-2H3. The molecule has 2 rings (SSSR count). The Morgan fingerprint density at radius 3 is 2.89 bits per heavy atom. The minimum Gasteiger partial charge on any atom is -0.495 e. The predicted molar refractivity (Wildman–Crippen MR) is 70.0 cm³/mol. The summed E-state index contributed by atoms with van der Waals surface area (Å²) in [7, 11) is 1.53. The third-order valence-electron chi connectivity index (χ3n) is 2.76. The predicted octanol–water partition coefficient (Wildman–Crippen LogP) is 3.63. The Hall–Kier alpha value is -1.68. The van der Waals surface area contributed by atoms with Gasteiger partial charge in [0.15, 0.2) is 5.78 Å². The van der Waals surface area contributed by atoms with Gasteiger partial charge in [-0.3, -0.25) is 4.79 Å². The largest absolute Gasteiger partial charge is 0.495 e. The van der Waals surface area contributed by atoms with Crippen molar-refractivity contribution in [3.8, 4) is 5.75 Å². The van der Waals surface area contributed by atoms with Gasteiger partial charge in [0, 0.05) is 6.42 Å². The molecule has 4 heteroatoms. The number of hydrogen-bond acceptors (Lipinski definition) is 3. The second-order valence-electron chi connectivity index (χ2n) is 3.99. The van der Waals surface area contributed by atoms with Crippen LogP contribution < -0.4 is 4.74 Å². The number of rotatable bonds is 4. The lowest BCUT2D eigenvalue weighted by Crippen LogP contribution is -2.04. The van der Waals surface area contributed by atoms with Crippen LogP contribution in [0.3, 0.4) is 0 Å². The number of carbonyl (C=O) groups excluding carboxylic acids is 1. The molecule has 0 fully saturated rings. The van der Waals surface area contributed by atoms with E-state index in [1.165, 1.54) is 30.6 Å². The van der Waals surface area contributed by atoms with Crippen LogP contribution in [0.15, 0.2) is 29.6 Å². The Bertz CT molecular complexity index is 575. The summed E-state index contributed by atoms with van der Waals surface area (Å²) in [6, 6.07) is 6.25. The van der Waals surface area contributed by atoms with Crippen molar-refractivity contribution < 1.29 is 13.9 Å². The maximum atomic E-state index is 13.2. The molecule has 0 saturated carbocycles. The molecule has 0 N–H and O–H groups in total. The zero-order valence-corrected chi connectivity index (χ0v) is 11.0. The molecular weight excluding hydrogens is 251 g/mol. The molecule has 2 aromatic rings. The molecule has 0 amide bonds. The number of carbonyl (C=O) groups is 1. The van der Waals surface area contributed by atoms with Gasteiger partial charge in [0.05, 0.1) is 7.11 Å². The molecule has 0 atom stereocenters. The molecule has 18 heavy (non-hydrogen) atoms. The average molecular weight is 264 g/mol. The number of thiophene rings is 1. The van der Waals surface area contributed by atoms with Gasteiger partial charge in [-0.15, -0.1) is 11.3 Å². The molecule has 0 radical (unpaired) electrons. The number of methoxy groups -OCH3 is 1. The van der Waals surface area contributed by atoms with Crippen molar-refractivity contribution in [1.29, 1.82) is 0 Å². The smallest absolute Gasteiger partial charge is 0.180 e. The molecule has 1 heterocycles. The van der Waals surface area contributed by atoms with Crippen LogP contribution in [0, 0.1) is 12.7 Å². The second kappa shape index (κ2) is 5.31. The first-order valence-electron chi connectivity index (χ1n) is 5.51. The molecule has 0 aliphatic carbocycles. The Morgan fingerprint density at radius 1 is 1.39 bits per heavy atom. The van der Waals surface area contributed by atoms with Crippen LogP contribution in [0.4, 0.5) is 4.39 Å². The fourth-order valence-electron chi connectivity index (χ4n) is 1.75. The van der Waals surface area contributed by atoms with Gasteiger partial charge < -0.3 is 4.74 Å². The third kappa shape index (κ3) is 2.59. The van der Waals surface area contributed by atoms with Crippen molar-refractivity contribution in [3.05, 3.63) is 51.5 Å². The summed E-state index contributed by atoms with van der Waals surface area (Å²) in [5.74, 6) is 0.219. The first-order valence-corrected chi connectivity index (χ1v) is 6.39. The highest BCUT2D eigenvalue weighted by molar-refractivity contribution is 7.12. The van der Waals surface area contributed by atoms with Gasteiger partial charge in [-0.25, -0.2) is 4.39 Å². The van der Waals surface area contributed by atoms with Gasteiger partial charge in [0.1, 0.15) is 16.4 Å². The van der Waals surface area contributed by atoms with Crippen molar-refractivity contribution in [3.63, 3.8) is 0 Å². The molecule has 0 aliphatic heterocycles. The molecule has 1 aromatic heterocycles.